The van der Waals surface area contributed by atoms with Crippen LogP contribution in [0.3, 0.4) is 0 Å². The Morgan fingerprint density at radius 2 is 0.636 bits per heavy atom. The van der Waals surface area contributed by atoms with Gasteiger partial charge in [0.05, 0.1) is 0 Å². The third-order valence-electron chi connectivity index (χ3n) is 0. The molecule has 0 rings (SSSR count). The van der Waals surface area contributed by atoms with Crippen LogP contribution in [0.4, 0.5) is 31.9 Å². The standard InChI is InChI=1S/BF3.6FH.W/c2-1(3)4;;;;;;;/h;6*1H;/q;;;;;;;+6/p-6. The number of rotatable bonds is 0. The summed E-state index contributed by atoms with van der Waals surface area (Å²) in [6, 6.07) is 0. The van der Waals surface area contributed by atoms with Crippen molar-refractivity contribution >= 4 is 7.54 Å². The van der Waals surface area contributed by atoms with Crippen molar-refractivity contribution in [1.29, 1.82) is 0 Å². The van der Waals surface area contributed by atoms with Crippen LogP contribution in [0, 0.1) is 0 Å². The van der Waals surface area contributed by atoms with E-state index in [0.29, 0.717) is 0 Å². The van der Waals surface area contributed by atoms with Gasteiger partial charge < -0.3 is 0 Å². The molecule has 0 saturated heterocycles. The summed E-state index contributed by atoms with van der Waals surface area (Å²) in [5.74, 6) is 0. The summed E-state index contributed by atoms with van der Waals surface area (Å²) in [5, 5.41) is 0. The van der Waals surface area contributed by atoms with Gasteiger partial charge >= 0.3 is 43.2 Å². The van der Waals surface area contributed by atoms with Gasteiger partial charge in [-0.3, -0.25) is 12.9 Å². The molecule has 11 heavy (non-hydrogen) atoms. The van der Waals surface area contributed by atoms with E-state index in [9.17, 15) is 31.9 Å². The van der Waals surface area contributed by atoms with E-state index in [1.807, 2.05) is 0 Å². The minimum atomic E-state index is -11.3. The van der Waals surface area contributed by atoms with Gasteiger partial charge in [0.25, 0.3) is 0 Å². The minimum absolute atomic E-state index is 3.67. The summed E-state index contributed by atoms with van der Waals surface area (Å²) >= 11 is -11.3. The second kappa shape index (κ2) is 2.57. The molecule has 0 aliphatic rings. The molecule has 0 heterocycles. The topological polar surface area (TPSA) is 0 Å². The van der Waals surface area contributed by atoms with Crippen LogP contribution in [-0.4, -0.2) is 7.54 Å². The number of hydrogen-bond acceptors (Lipinski definition) is 0. The van der Waals surface area contributed by atoms with Crippen LogP contribution < -0.4 is 0 Å². The van der Waals surface area contributed by atoms with Gasteiger partial charge in [0, 0.05) is 0 Å². The molecule has 0 aromatic rings. The van der Waals surface area contributed by atoms with Gasteiger partial charge in [-0.2, -0.15) is 0 Å². The monoisotopic (exact) mass is 366 g/mol. The van der Waals surface area contributed by atoms with Crippen molar-refractivity contribution in [2.45, 2.75) is 0 Å². The molecular formula is BF9W. The van der Waals surface area contributed by atoms with E-state index in [4.69, 9.17) is 0 Å². The van der Waals surface area contributed by atoms with Crippen molar-refractivity contribution in [2.24, 2.45) is 0 Å². The first kappa shape index (κ1) is 13.7. The molecule has 0 N–H and O–H groups in total. The van der Waals surface area contributed by atoms with Gasteiger partial charge in [-0.25, -0.2) is 0 Å². The molecular weight excluding hydrogens is 366 g/mol. The molecule has 0 atom stereocenters. The molecule has 0 radical (unpaired) electrons. The Balaban J connectivity index is 0. The summed E-state index contributed by atoms with van der Waals surface area (Å²) < 4.78 is 88.6. The Labute approximate surface area is 57.0 Å². The molecule has 0 aromatic carbocycles. The maximum absolute atomic E-state index is 11.3. The molecule has 0 amide bonds. The quantitative estimate of drug-likeness (QED) is 0.456. The maximum atomic E-state index is 9.93. The molecule has 0 bridgehead atoms. The van der Waals surface area contributed by atoms with Crippen molar-refractivity contribution in [3.8, 4) is 0 Å². The molecule has 0 aromatic heterocycles. The van der Waals surface area contributed by atoms with Crippen LogP contribution in [-0.2, 0) is 16.7 Å². The molecule has 0 aliphatic heterocycles. The Morgan fingerprint density at radius 3 is 0.636 bits per heavy atom. The third kappa shape index (κ3) is 44000. The summed E-state index contributed by atoms with van der Waals surface area (Å²) in [4.78, 5) is 0. The summed E-state index contributed by atoms with van der Waals surface area (Å²) in [5.41, 5.74) is 0. The van der Waals surface area contributed by atoms with Gasteiger partial charge in [-0.15, -0.1) is 0 Å². The zero-order valence-corrected chi connectivity index (χ0v) is 7.32. The molecule has 0 spiro atoms. The van der Waals surface area contributed by atoms with E-state index in [0.717, 1.165) is 0 Å². The molecule has 0 unspecified atom stereocenters. The third-order valence-corrected chi connectivity index (χ3v) is 0. The van der Waals surface area contributed by atoms with Crippen LogP contribution in [0.1, 0.15) is 0 Å². The first-order chi connectivity index (χ1) is 4.18. The van der Waals surface area contributed by atoms with Gasteiger partial charge in [0.1, 0.15) is 0 Å². The van der Waals surface area contributed by atoms with Gasteiger partial charge in [-0.05, 0) is 0 Å². The Kier molecular flexibility index (Phi) is 3.19. The first-order valence-corrected chi connectivity index (χ1v) is 8.23. The number of hydrogen-bond donors (Lipinski definition) is 0. The van der Waals surface area contributed by atoms with E-state index >= 15 is 0 Å². The zero-order chi connectivity index (χ0) is 9.99. The molecule has 72 valence electrons. The molecule has 11 heteroatoms. The Hall–Kier alpha value is 0.123. The second-order valence-electron chi connectivity index (χ2n) is 1.12. The Morgan fingerprint density at radius 1 is 0.636 bits per heavy atom. The molecule has 0 aliphatic carbocycles. The SMILES string of the molecule is FB(F)F.[F][W]([F])([F])([F])([F])[F]. The fraction of sp³-hybridized carbons (Fsp3) is 0. The van der Waals surface area contributed by atoms with Crippen molar-refractivity contribution in [2.75, 3.05) is 0 Å². The second-order valence-corrected chi connectivity index (χ2v) is 7.41. The van der Waals surface area contributed by atoms with E-state index in [-0.39, 0.29) is 0 Å². The van der Waals surface area contributed by atoms with E-state index in [1.165, 1.54) is 0 Å². The summed E-state index contributed by atoms with van der Waals surface area (Å²) in [7, 11) is -3.67. The van der Waals surface area contributed by atoms with Crippen molar-refractivity contribution in [3.05, 3.63) is 0 Å². The molecule has 0 fully saturated rings. The van der Waals surface area contributed by atoms with Crippen LogP contribution >= 0.6 is 0 Å². The van der Waals surface area contributed by atoms with Crippen molar-refractivity contribution < 1.29 is 48.6 Å². The molecule has 0 saturated carbocycles. The van der Waals surface area contributed by atoms with Gasteiger partial charge in [-0.1, -0.05) is 0 Å². The van der Waals surface area contributed by atoms with Gasteiger partial charge in [0.15, 0.2) is 0 Å². The van der Waals surface area contributed by atoms with Gasteiger partial charge in [0.2, 0.25) is 0 Å². The van der Waals surface area contributed by atoms with Crippen LogP contribution in [0.25, 0.3) is 0 Å². The predicted octanol–water partition coefficient (Wildman–Crippen LogP) is 3.40. The van der Waals surface area contributed by atoms with Crippen LogP contribution in [0.2, 0.25) is 0 Å². The van der Waals surface area contributed by atoms with Crippen molar-refractivity contribution in [3.63, 3.8) is 0 Å². The Bertz CT molecular complexity index is 96.3. The van der Waals surface area contributed by atoms with Crippen LogP contribution in [0.5, 0.6) is 0 Å². The van der Waals surface area contributed by atoms with Crippen LogP contribution in [0.15, 0.2) is 0 Å². The normalized spacial score (nSPS) is 17.2. The average Bonchev–Trinajstić information content (AvgIpc) is 1.11. The van der Waals surface area contributed by atoms with E-state index in [1.54, 1.807) is 0 Å². The van der Waals surface area contributed by atoms with Crippen molar-refractivity contribution in [1.82, 2.24) is 0 Å². The van der Waals surface area contributed by atoms with E-state index < -0.39 is 24.2 Å². The summed E-state index contributed by atoms with van der Waals surface area (Å²) in [6.07, 6.45) is 0. The number of halogens is 9. The molecule has 0 nitrogen and oxygen atoms in total. The fourth-order valence-corrected chi connectivity index (χ4v) is 0. The first-order valence-electron chi connectivity index (χ1n) is 1.58. The summed E-state index contributed by atoms with van der Waals surface area (Å²) in [6.45, 7) is 0. The zero-order valence-electron chi connectivity index (χ0n) is 4.39. The fourth-order valence-electron chi connectivity index (χ4n) is 0. The van der Waals surface area contributed by atoms with E-state index in [2.05, 4.69) is 0 Å². The average molecular weight is 366 g/mol. The predicted molar refractivity (Wildman–Crippen MR) is 15.7 cm³/mol.